The minimum atomic E-state index is -0.781. The number of nitrogens with one attached hydrogen (secondary N) is 2. The topological polar surface area (TPSA) is 95.5 Å². The first-order chi connectivity index (χ1) is 8.58. The fourth-order valence-corrected chi connectivity index (χ4v) is 3.27. The summed E-state index contributed by atoms with van der Waals surface area (Å²) in [5.74, 6) is -0.896. The Bertz CT molecular complexity index is 374. The minimum Gasteiger partial charge on any atom is -0.481 e. The molecular weight excluding hydrogens is 256 g/mol. The molecule has 1 heterocycles. The van der Waals surface area contributed by atoms with E-state index in [1.165, 1.54) is 0 Å². The number of aliphatic carboxylic acids is 1. The molecule has 0 aromatic rings. The van der Waals surface area contributed by atoms with E-state index in [1.54, 1.807) is 0 Å². The van der Waals surface area contributed by atoms with E-state index in [4.69, 9.17) is 5.11 Å². The van der Waals surface area contributed by atoms with Crippen molar-refractivity contribution in [2.75, 3.05) is 12.3 Å². The predicted octanol–water partition coefficient (Wildman–Crippen LogP) is 0.428. The van der Waals surface area contributed by atoms with Crippen molar-refractivity contribution in [1.82, 2.24) is 10.6 Å². The lowest BCUT2D eigenvalue weighted by molar-refractivity contribution is -0.143. The van der Waals surface area contributed by atoms with Crippen LogP contribution in [0.2, 0.25) is 0 Å². The van der Waals surface area contributed by atoms with Gasteiger partial charge in [-0.05, 0) is 18.8 Å². The maximum absolute atomic E-state index is 11.7. The molecule has 1 aliphatic heterocycles. The summed E-state index contributed by atoms with van der Waals surface area (Å²) >= 11 is 1.09. The molecule has 1 saturated heterocycles. The molecule has 3 unspecified atom stereocenters. The Hall–Kier alpha value is -1.24. The molecule has 0 radical (unpaired) electrons. The molecule has 1 saturated carbocycles. The lowest BCUT2D eigenvalue weighted by atomic mass is 9.96. The zero-order chi connectivity index (χ0) is 13.1. The number of thioether (sulfide) groups is 1. The van der Waals surface area contributed by atoms with Gasteiger partial charge >= 0.3 is 5.97 Å². The van der Waals surface area contributed by atoms with Crippen molar-refractivity contribution in [3.8, 4) is 0 Å². The first-order valence-electron chi connectivity index (χ1n) is 6.01. The average molecular weight is 272 g/mol. The zero-order valence-electron chi connectivity index (χ0n) is 9.85. The highest BCUT2D eigenvalue weighted by atomic mass is 32.2. The SMILES string of the molecule is O=C1NC(C(=O)NCC2CCCC2C(=O)O)CS1. The van der Waals surface area contributed by atoms with Gasteiger partial charge in [-0.25, -0.2) is 0 Å². The molecule has 3 atom stereocenters. The molecule has 6 nitrogen and oxygen atoms in total. The number of rotatable bonds is 4. The Kier molecular flexibility index (Phi) is 4.11. The van der Waals surface area contributed by atoms with E-state index in [0.717, 1.165) is 24.6 Å². The van der Waals surface area contributed by atoms with Crippen molar-refractivity contribution in [1.29, 1.82) is 0 Å². The summed E-state index contributed by atoms with van der Waals surface area (Å²) in [7, 11) is 0. The van der Waals surface area contributed by atoms with Crippen LogP contribution < -0.4 is 10.6 Å². The summed E-state index contributed by atoms with van der Waals surface area (Å²) in [4.78, 5) is 33.7. The number of carbonyl (C=O) groups is 3. The van der Waals surface area contributed by atoms with Crippen LogP contribution in [0.15, 0.2) is 0 Å². The van der Waals surface area contributed by atoms with E-state index in [1.807, 2.05) is 0 Å². The van der Waals surface area contributed by atoms with Gasteiger partial charge in [-0.3, -0.25) is 14.4 Å². The zero-order valence-corrected chi connectivity index (χ0v) is 10.7. The number of amides is 2. The van der Waals surface area contributed by atoms with Crippen LogP contribution in [0.3, 0.4) is 0 Å². The Labute approximate surface area is 109 Å². The molecule has 2 rings (SSSR count). The highest BCUT2D eigenvalue weighted by Gasteiger charge is 2.34. The number of carboxylic acids is 1. The lowest BCUT2D eigenvalue weighted by Gasteiger charge is -2.17. The van der Waals surface area contributed by atoms with Crippen molar-refractivity contribution in [3.05, 3.63) is 0 Å². The highest BCUT2D eigenvalue weighted by molar-refractivity contribution is 8.14. The van der Waals surface area contributed by atoms with Gasteiger partial charge in [0.05, 0.1) is 5.92 Å². The van der Waals surface area contributed by atoms with Gasteiger partial charge in [-0.15, -0.1) is 0 Å². The molecular formula is C11H16N2O4S. The smallest absolute Gasteiger partial charge is 0.306 e. The number of carboxylic acid groups (broad SMARTS) is 1. The molecule has 18 heavy (non-hydrogen) atoms. The van der Waals surface area contributed by atoms with Gasteiger partial charge in [-0.2, -0.15) is 0 Å². The lowest BCUT2D eigenvalue weighted by Crippen LogP contribution is -2.45. The first-order valence-corrected chi connectivity index (χ1v) is 7.00. The summed E-state index contributed by atoms with van der Waals surface area (Å²) in [6.07, 6.45) is 2.42. The summed E-state index contributed by atoms with van der Waals surface area (Å²) < 4.78 is 0. The quantitative estimate of drug-likeness (QED) is 0.689. The van der Waals surface area contributed by atoms with Gasteiger partial charge in [0.25, 0.3) is 5.24 Å². The van der Waals surface area contributed by atoms with Crippen LogP contribution >= 0.6 is 11.8 Å². The van der Waals surface area contributed by atoms with E-state index in [0.29, 0.717) is 18.7 Å². The molecule has 0 aromatic carbocycles. The van der Waals surface area contributed by atoms with Crippen LogP contribution in [0.25, 0.3) is 0 Å². The molecule has 0 spiro atoms. The van der Waals surface area contributed by atoms with Crippen molar-refractivity contribution < 1.29 is 19.5 Å². The molecule has 2 aliphatic rings. The van der Waals surface area contributed by atoms with Crippen LogP contribution in [0.5, 0.6) is 0 Å². The van der Waals surface area contributed by atoms with E-state index in [2.05, 4.69) is 10.6 Å². The standard InChI is InChI=1S/C11H16N2O4S/c14-9(8-5-18-11(17)13-8)12-4-6-2-1-3-7(6)10(15)16/h6-8H,1-5H2,(H,12,14)(H,13,17)(H,15,16). The Morgan fingerprint density at radius 1 is 1.44 bits per heavy atom. The third kappa shape index (κ3) is 2.95. The fraction of sp³-hybridized carbons (Fsp3) is 0.727. The summed E-state index contributed by atoms with van der Waals surface area (Å²) in [5.41, 5.74) is 0. The first kappa shape index (κ1) is 13.2. The van der Waals surface area contributed by atoms with Crippen LogP contribution in [0.1, 0.15) is 19.3 Å². The normalized spacial score (nSPS) is 31.1. The molecule has 3 N–H and O–H groups in total. The van der Waals surface area contributed by atoms with E-state index >= 15 is 0 Å². The Morgan fingerprint density at radius 3 is 2.83 bits per heavy atom. The monoisotopic (exact) mass is 272 g/mol. The maximum Gasteiger partial charge on any atom is 0.306 e. The van der Waals surface area contributed by atoms with Gasteiger partial charge in [0.1, 0.15) is 6.04 Å². The van der Waals surface area contributed by atoms with Gasteiger partial charge in [-0.1, -0.05) is 18.2 Å². The van der Waals surface area contributed by atoms with E-state index in [-0.39, 0.29) is 23.0 Å². The average Bonchev–Trinajstić information content (AvgIpc) is 2.94. The molecule has 0 bridgehead atoms. The van der Waals surface area contributed by atoms with Gasteiger partial charge < -0.3 is 15.7 Å². The largest absolute Gasteiger partial charge is 0.481 e. The number of hydrogen-bond donors (Lipinski definition) is 3. The predicted molar refractivity (Wildman–Crippen MR) is 66.3 cm³/mol. The summed E-state index contributed by atoms with van der Waals surface area (Å²) in [6.45, 7) is 0.382. The minimum absolute atomic E-state index is 0.0104. The number of hydrogen-bond acceptors (Lipinski definition) is 4. The second-order valence-corrected chi connectivity index (χ2v) is 5.67. The van der Waals surface area contributed by atoms with Crippen molar-refractivity contribution in [2.24, 2.45) is 11.8 Å². The van der Waals surface area contributed by atoms with E-state index in [9.17, 15) is 14.4 Å². The highest BCUT2D eigenvalue weighted by Crippen LogP contribution is 2.31. The third-order valence-electron chi connectivity index (χ3n) is 3.50. The molecule has 7 heteroatoms. The van der Waals surface area contributed by atoms with Gasteiger partial charge in [0.15, 0.2) is 0 Å². The molecule has 100 valence electrons. The second-order valence-electron chi connectivity index (χ2n) is 4.68. The second kappa shape index (κ2) is 5.60. The van der Waals surface area contributed by atoms with Crippen LogP contribution in [-0.4, -0.2) is 40.6 Å². The third-order valence-corrected chi connectivity index (χ3v) is 4.38. The molecule has 2 fully saturated rings. The Morgan fingerprint density at radius 2 is 2.22 bits per heavy atom. The van der Waals surface area contributed by atoms with Crippen LogP contribution in [-0.2, 0) is 9.59 Å². The van der Waals surface area contributed by atoms with Crippen LogP contribution in [0.4, 0.5) is 4.79 Å². The van der Waals surface area contributed by atoms with Crippen molar-refractivity contribution in [3.63, 3.8) is 0 Å². The molecule has 1 aliphatic carbocycles. The summed E-state index contributed by atoms with van der Waals surface area (Å²) in [5, 5.41) is 14.1. The van der Waals surface area contributed by atoms with E-state index < -0.39 is 12.0 Å². The summed E-state index contributed by atoms with van der Waals surface area (Å²) in [6, 6.07) is -0.479. The number of carbonyl (C=O) groups excluding carboxylic acids is 2. The maximum atomic E-state index is 11.7. The Balaban J connectivity index is 1.79. The molecule has 2 amide bonds. The molecule has 0 aromatic heterocycles. The van der Waals surface area contributed by atoms with Gasteiger partial charge in [0.2, 0.25) is 5.91 Å². The fourth-order valence-electron chi connectivity index (χ4n) is 2.49. The van der Waals surface area contributed by atoms with Crippen molar-refractivity contribution in [2.45, 2.75) is 25.3 Å². The van der Waals surface area contributed by atoms with Crippen molar-refractivity contribution >= 4 is 28.9 Å². The van der Waals surface area contributed by atoms with Gasteiger partial charge in [0, 0.05) is 12.3 Å². The van der Waals surface area contributed by atoms with Crippen LogP contribution in [0, 0.1) is 11.8 Å².